The second kappa shape index (κ2) is 3.38. The van der Waals surface area contributed by atoms with Gasteiger partial charge in [-0.25, -0.2) is 4.98 Å². The van der Waals surface area contributed by atoms with Crippen molar-refractivity contribution in [3.8, 4) is 11.1 Å². The zero-order chi connectivity index (χ0) is 11.0. The minimum absolute atomic E-state index is 0.775. The fraction of sp³-hybridized carbons (Fsp3) is 0. The number of nitrogens with zero attached hydrogens (tertiary/aromatic N) is 1. The molecular formula is C13H11N3. The Hall–Kier alpha value is -2.29. The average molecular weight is 209 g/mol. The summed E-state index contributed by atoms with van der Waals surface area (Å²) in [6.07, 6.45) is 3.66. The molecule has 3 aromatic rings. The Balaban J connectivity index is 2.28. The standard InChI is InChI=1S/C13H11N3/c14-12-10-6-7-15-13(10)16-8-11(12)9-4-2-1-3-5-9/h1-8H,(H3,14,15,16). The Labute approximate surface area is 92.9 Å². The van der Waals surface area contributed by atoms with Crippen LogP contribution in [0.1, 0.15) is 0 Å². The van der Waals surface area contributed by atoms with Gasteiger partial charge in [-0.1, -0.05) is 30.3 Å². The van der Waals surface area contributed by atoms with Crippen molar-refractivity contribution in [2.45, 2.75) is 0 Å². The summed E-state index contributed by atoms with van der Waals surface area (Å²) < 4.78 is 0. The monoisotopic (exact) mass is 209 g/mol. The van der Waals surface area contributed by atoms with E-state index in [2.05, 4.69) is 9.97 Å². The number of aromatic amines is 1. The zero-order valence-corrected chi connectivity index (χ0v) is 8.64. The molecule has 3 rings (SSSR count). The van der Waals surface area contributed by atoms with Crippen LogP contribution in [-0.4, -0.2) is 9.97 Å². The van der Waals surface area contributed by atoms with Gasteiger partial charge < -0.3 is 10.7 Å². The number of fused-ring (bicyclic) bond motifs is 1. The SMILES string of the molecule is Nc1c(-c2ccccc2)cnc2[nH]ccc12. The molecule has 2 aromatic heterocycles. The van der Waals surface area contributed by atoms with E-state index < -0.39 is 0 Å². The van der Waals surface area contributed by atoms with Gasteiger partial charge in [0.15, 0.2) is 0 Å². The van der Waals surface area contributed by atoms with Gasteiger partial charge in [-0.05, 0) is 11.6 Å². The lowest BCUT2D eigenvalue weighted by molar-refractivity contribution is 1.33. The molecule has 78 valence electrons. The fourth-order valence-electron chi connectivity index (χ4n) is 1.88. The van der Waals surface area contributed by atoms with Crippen molar-refractivity contribution in [1.29, 1.82) is 0 Å². The minimum Gasteiger partial charge on any atom is -0.398 e. The summed E-state index contributed by atoms with van der Waals surface area (Å²) in [5, 5.41) is 0.973. The number of hydrogen-bond acceptors (Lipinski definition) is 2. The Morgan fingerprint density at radius 1 is 1.06 bits per heavy atom. The average Bonchev–Trinajstić information content (AvgIpc) is 2.80. The molecule has 0 atom stereocenters. The topological polar surface area (TPSA) is 54.7 Å². The Morgan fingerprint density at radius 3 is 2.69 bits per heavy atom. The van der Waals surface area contributed by atoms with E-state index >= 15 is 0 Å². The molecule has 0 radical (unpaired) electrons. The molecule has 2 heterocycles. The number of H-pyrrole nitrogens is 1. The number of benzene rings is 1. The first-order valence-electron chi connectivity index (χ1n) is 5.13. The van der Waals surface area contributed by atoms with E-state index in [1.807, 2.05) is 48.8 Å². The van der Waals surface area contributed by atoms with Crippen LogP contribution in [0.25, 0.3) is 22.2 Å². The third-order valence-electron chi connectivity index (χ3n) is 2.71. The van der Waals surface area contributed by atoms with E-state index in [9.17, 15) is 0 Å². The molecule has 0 aliphatic rings. The number of nitrogens with two attached hydrogens (primary N) is 1. The lowest BCUT2D eigenvalue weighted by atomic mass is 10.0. The summed E-state index contributed by atoms with van der Waals surface area (Å²) in [7, 11) is 0. The van der Waals surface area contributed by atoms with E-state index in [4.69, 9.17) is 5.73 Å². The number of nitrogens with one attached hydrogen (secondary N) is 1. The maximum atomic E-state index is 6.14. The van der Waals surface area contributed by atoms with Crippen LogP contribution in [0.2, 0.25) is 0 Å². The molecule has 0 bridgehead atoms. The third kappa shape index (κ3) is 1.26. The molecule has 3 N–H and O–H groups in total. The Morgan fingerprint density at radius 2 is 1.88 bits per heavy atom. The largest absolute Gasteiger partial charge is 0.398 e. The van der Waals surface area contributed by atoms with Gasteiger partial charge >= 0.3 is 0 Å². The van der Waals surface area contributed by atoms with Crippen LogP contribution < -0.4 is 5.73 Å². The fourth-order valence-corrected chi connectivity index (χ4v) is 1.88. The number of hydrogen-bond donors (Lipinski definition) is 2. The molecule has 3 heteroatoms. The highest BCUT2D eigenvalue weighted by molar-refractivity contribution is 5.96. The molecule has 0 fully saturated rings. The van der Waals surface area contributed by atoms with Crippen molar-refractivity contribution in [1.82, 2.24) is 9.97 Å². The second-order valence-corrected chi connectivity index (χ2v) is 3.69. The highest BCUT2D eigenvalue weighted by Crippen LogP contribution is 2.30. The molecule has 1 aromatic carbocycles. The van der Waals surface area contributed by atoms with Gasteiger partial charge in [-0.15, -0.1) is 0 Å². The zero-order valence-electron chi connectivity index (χ0n) is 8.64. The van der Waals surface area contributed by atoms with Gasteiger partial charge in [0.2, 0.25) is 0 Å². The maximum absolute atomic E-state index is 6.14. The molecule has 0 saturated heterocycles. The van der Waals surface area contributed by atoms with Gasteiger partial charge in [-0.2, -0.15) is 0 Å². The molecule has 0 unspecified atom stereocenters. The summed E-state index contributed by atoms with van der Waals surface area (Å²) >= 11 is 0. The highest BCUT2D eigenvalue weighted by Gasteiger charge is 2.07. The van der Waals surface area contributed by atoms with Gasteiger partial charge in [-0.3, -0.25) is 0 Å². The van der Waals surface area contributed by atoms with Crippen LogP contribution in [-0.2, 0) is 0 Å². The van der Waals surface area contributed by atoms with Gasteiger partial charge in [0.25, 0.3) is 0 Å². The van der Waals surface area contributed by atoms with E-state index in [1.54, 1.807) is 0 Å². The summed E-state index contributed by atoms with van der Waals surface area (Å²) in [4.78, 5) is 7.39. The number of rotatable bonds is 1. The summed E-state index contributed by atoms with van der Waals surface area (Å²) in [5.41, 5.74) is 9.81. The van der Waals surface area contributed by atoms with Gasteiger partial charge in [0.05, 0.1) is 5.69 Å². The number of aromatic nitrogens is 2. The summed E-state index contributed by atoms with van der Waals surface area (Å²) in [6.45, 7) is 0. The van der Waals surface area contributed by atoms with E-state index in [0.29, 0.717) is 0 Å². The van der Waals surface area contributed by atoms with E-state index in [-0.39, 0.29) is 0 Å². The van der Waals surface area contributed by atoms with Crippen LogP contribution in [0.5, 0.6) is 0 Å². The summed E-state index contributed by atoms with van der Waals surface area (Å²) in [6, 6.07) is 12.0. The molecule has 0 aliphatic carbocycles. The van der Waals surface area contributed by atoms with E-state index in [0.717, 1.165) is 27.8 Å². The van der Waals surface area contributed by atoms with Crippen molar-refractivity contribution in [2.75, 3.05) is 5.73 Å². The molecule has 0 saturated carbocycles. The quantitative estimate of drug-likeness (QED) is 0.647. The molecule has 0 amide bonds. The smallest absolute Gasteiger partial charge is 0.139 e. The maximum Gasteiger partial charge on any atom is 0.139 e. The van der Waals surface area contributed by atoms with E-state index in [1.165, 1.54) is 0 Å². The Kier molecular flexibility index (Phi) is 1.90. The number of pyridine rings is 1. The lowest BCUT2D eigenvalue weighted by Crippen LogP contribution is -1.92. The predicted molar refractivity (Wildman–Crippen MR) is 65.9 cm³/mol. The van der Waals surface area contributed by atoms with Crippen LogP contribution in [0, 0.1) is 0 Å². The van der Waals surface area contributed by atoms with Crippen molar-refractivity contribution in [2.24, 2.45) is 0 Å². The molecule has 16 heavy (non-hydrogen) atoms. The predicted octanol–water partition coefficient (Wildman–Crippen LogP) is 2.81. The van der Waals surface area contributed by atoms with Crippen molar-refractivity contribution in [3.63, 3.8) is 0 Å². The summed E-state index contributed by atoms with van der Waals surface area (Å²) in [5.74, 6) is 0. The van der Waals surface area contributed by atoms with Crippen molar-refractivity contribution in [3.05, 3.63) is 48.8 Å². The molecule has 0 spiro atoms. The second-order valence-electron chi connectivity index (χ2n) is 3.69. The highest BCUT2D eigenvalue weighted by atomic mass is 14.8. The van der Waals surface area contributed by atoms with Crippen molar-refractivity contribution >= 4 is 16.7 Å². The van der Waals surface area contributed by atoms with Crippen LogP contribution in [0.4, 0.5) is 5.69 Å². The first-order chi connectivity index (χ1) is 7.86. The normalized spacial score (nSPS) is 10.8. The first-order valence-corrected chi connectivity index (χ1v) is 5.13. The Bertz CT molecular complexity index is 626. The molecule has 0 aliphatic heterocycles. The van der Waals surface area contributed by atoms with Crippen LogP contribution in [0.15, 0.2) is 48.8 Å². The molecular weight excluding hydrogens is 198 g/mol. The van der Waals surface area contributed by atoms with Crippen molar-refractivity contribution < 1.29 is 0 Å². The molecule has 3 nitrogen and oxygen atoms in total. The number of anilines is 1. The van der Waals surface area contributed by atoms with Gasteiger partial charge in [0, 0.05) is 23.3 Å². The van der Waals surface area contributed by atoms with Crippen LogP contribution in [0.3, 0.4) is 0 Å². The minimum atomic E-state index is 0.775. The number of nitrogen functional groups attached to an aromatic ring is 1. The van der Waals surface area contributed by atoms with Gasteiger partial charge in [0.1, 0.15) is 5.65 Å². The first kappa shape index (κ1) is 8.97. The lowest BCUT2D eigenvalue weighted by Gasteiger charge is -2.05. The van der Waals surface area contributed by atoms with Crippen LogP contribution >= 0.6 is 0 Å². The third-order valence-corrected chi connectivity index (χ3v) is 2.71.